The molecule has 2 rings (SSSR count). The maximum Gasteiger partial charge on any atom is 0.319 e. The highest BCUT2D eigenvalue weighted by Gasteiger charge is 2.23. The molecule has 140 valence electrons. The van der Waals surface area contributed by atoms with Crippen molar-refractivity contribution >= 4 is 30.0 Å². The van der Waals surface area contributed by atoms with E-state index in [4.69, 9.17) is 4.74 Å². The number of hydrogen-bond donors (Lipinski definition) is 4. The average molecular weight is 371 g/mol. The normalized spacial score (nSPS) is 14.2. The molecule has 1 atom stereocenters. The number of halogens is 1. The molecular formula is C17H27ClN4O3. The SMILES string of the molecule is COCCNCC(=O)NC(C)c1ccc(NC(=O)NC2CC2)cc1.Cl. The van der Waals surface area contributed by atoms with Crippen molar-refractivity contribution in [3.8, 4) is 0 Å². The maximum absolute atomic E-state index is 11.8. The number of nitrogens with one attached hydrogen (secondary N) is 4. The second-order valence-corrected chi connectivity index (χ2v) is 5.95. The van der Waals surface area contributed by atoms with E-state index >= 15 is 0 Å². The quantitative estimate of drug-likeness (QED) is 0.499. The minimum atomic E-state index is -0.172. The predicted octanol–water partition coefficient (Wildman–Crippen LogP) is 1.81. The molecule has 1 aliphatic carbocycles. The Morgan fingerprint density at radius 1 is 1.24 bits per heavy atom. The van der Waals surface area contributed by atoms with Gasteiger partial charge in [-0.05, 0) is 37.5 Å². The predicted molar refractivity (Wildman–Crippen MR) is 100 cm³/mol. The van der Waals surface area contributed by atoms with Crippen LogP contribution in [-0.4, -0.2) is 44.8 Å². The molecular weight excluding hydrogens is 344 g/mol. The van der Waals surface area contributed by atoms with E-state index in [0.29, 0.717) is 19.2 Å². The zero-order chi connectivity index (χ0) is 17.4. The summed E-state index contributed by atoms with van der Waals surface area (Å²) in [6.45, 7) is 3.40. The van der Waals surface area contributed by atoms with E-state index < -0.39 is 0 Å². The number of anilines is 1. The molecule has 1 aromatic carbocycles. The molecule has 0 spiro atoms. The lowest BCUT2D eigenvalue weighted by Crippen LogP contribution is -2.36. The molecule has 0 heterocycles. The molecule has 1 saturated carbocycles. The second kappa shape index (κ2) is 10.9. The molecule has 0 aromatic heterocycles. The summed E-state index contributed by atoms with van der Waals surface area (Å²) in [5, 5.41) is 11.6. The molecule has 8 heteroatoms. The largest absolute Gasteiger partial charge is 0.383 e. The van der Waals surface area contributed by atoms with Crippen LogP contribution in [0.4, 0.5) is 10.5 Å². The fourth-order valence-electron chi connectivity index (χ4n) is 2.19. The summed E-state index contributed by atoms with van der Waals surface area (Å²) in [5.41, 5.74) is 1.71. The summed E-state index contributed by atoms with van der Waals surface area (Å²) in [4.78, 5) is 23.5. The fraction of sp³-hybridized carbons (Fsp3) is 0.529. The molecule has 1 aliphatic rings. The number of carbonyl (C=O) groups is 2. The van der Waals surface area contributed by atoms with Gasteiger partial charge in [-0.15, -0.1) is 12.4 Å². The van der Waals surface area contributed by atoms with E-state index in [9.17, 15) is 9.59 Å². The van der Waals surface area contributed by atoms with Crippen LogP contribution in [-0.2, 0) is 9.53 Å². The number of benzene rings is 1. The van der Waals surface area contributed by atoms with Gasteiger partial charge in [0.15, 0.2) is 0 Å². The molecule has 0 radical (unpaired) electrons. The van der Waals surface area contributed by atoms with E-state index in [2.05, 4.69) is 21.3 Å². The van der Waals surface area contributed by atoms with E-state index in [1.807, 2.05) is 31.2 Å². The number of rotatable bonds is 9. The first-order valence-electron chi connectivity index (χ1n) is 8.25. The standard InChI is InChI=1S/C17H26N4O3.ClH/c1-12(19-16(22)11-18-9-10-24-2)13-3-5-14(6-4-13)20-17(23)21-15-7-8-15;/h3-6,12,15,18H,7-11H2,1-2H3,(H,19,22)(H2,20,21,23);1H. The Balaban J connectivity index is 0.00000312. The lowest BCUT2D eigenvalue weighted by atomic mass is 10.1. The maximum atomic E-state index is 11.8. The van der Waals surface area contributed by atoms with Crippen LogP contribution in [0.25, 0.3) is 0 Å². The minimum absolute atomic E-state index is 0. The van der Waals surface area contributed by atoms with Crippen LogP contribution in [0.15, 0.2) is 24.3 Å². The van der Waals surface area contributed by atoms with E-state index in [-0.39, 0.29) is 36.9 Å². The van der Waals surface area contributed by atoms with E-state index in [1.54, 1.807) is 7.11 Å². The van der Waals surface area contributed by atoms with Crippen LogP contribution in [0.2, 0.25) is 0 Å². The Hall–Kier alpha value is -1.83. The van der Waals surface area contributed by atoms with Crippen LogP contribution >= 0.6 is 12.4 Å². The molecule has 4 N–H and O–H groups in total. The molecule has 25 heavy (non-hydrogen) atoms. The summed E-state index contributed by atoms with van der Waals surface area (Å²) in [7, 11) is 1.62. The first kappa shape index (κ1) is 21.2. The van der Waals surface area contributed by atoms with Crippen LogP contribution < -0.4 is 21.3 Å². The smallest absolute Gasteiger partial charge is 0.319 e. The van der Waals surface area contributed by atoms with Gasteiger partial charge in [-0.25, -0.2) is 4.79 Å². The van der Waals surface area contributed by atoms with Crippen LogP contribution in [0.5, 0.6) is 0 Å². The van der Waals surface area contributed by atoms with Gasteiger partial charge >= 0.3 is 6.03 Å². The Morgan fingerprint density at radius 3 is 2.52 bits per heavy atom. The minimum Gasteiger partial charge on any atom is -0.383 e. The van der Waals surface area contributed by atoms with Gasteiger partial charge in [0.05, 0.1) is 19.2 Å². The van der Waals surface area contributed by atoms with Gasteiger partial charge in [0.1, 0.15) is 0 Å². The number of ether oxygens (including phenoxy) is 1. The van der Waals surface area contributed by atoms with Crippen molar-refractivity contribution in [2.75, 3.05) is 32.1 Å². The van der Waals surface area contributed by atoms with Crippen molar-refractivity contribution in [1.82, 2.24) is 16.0 Å². The van der Waals surface area contributed by atoms with Crippen LogP contribution in [0, 0.1) is 0 Å². The molecule has 0 aliphatic heterocycles. The zero-order valence-corrected chi connectivity index (χ0v) is 15.4. The van der Waals surface area contributed by atoms with E-state index in [0.717, 1.165) is 24.1 Å². The van der Waals surface area contributed by atoms with Crippen LogP contribution in [0.1, 0.15) is 31.4 Å². The second-order valence-electron chi connectivity index (χ2n) is 5.95. The highest BCUT2D eigenvalue weighted by atomic mass is 35.5. The lowest BCUT2D eigenvalue weighted by Gasteiger charge is -2.15. The summed E-state index contributed by atoms with van der Waals surface area (Å²) in [5.74, 6) is -0.0652. The Morgan fingerprint density at radius 2 is 1.92 bits per heavy atom. The lowest BCUT2D eigenvalue weighted by molar-refractivity contribution is -0.120. The number of amides is 3. The van der Waals surface area contributed by atoms with Crippen molar-refractivity contribution in [3.05, 3.63) is 29.8 Å². The van der Waals surface area contributed by atoms with Crippen LogP contribution in [0.3, 0.4) is 0 Å². The Bertz CT molecular complexity index is 549. The zero-order valence-electron chi connectivity index (χ0n) is 14.6. The van der Waals surface area contributed by atoms with Crippen molar-refractivity contribution in [2.24, 2.45) is 0 Å². The number of urea groups is 1. The first-order chi connectivity index (χ1) is 11.6. The van der Waals surface area contributed by atoms with Gasteiger partial charge in [0.25, 0.3) is 0 Å². The monoisotopic (exact) mass is 370 g/mol. The third-order valence-electron chi connectivity index (χ3n) is 3.73. The summed E-state index contributed by atoms with van der Waals surface area (Å²) < 4.78 is 4.91. The van der Waals surface area contributed by atoms with E-state index in [1.165, 1.54) is 0 Å². The van der Waals surface area contributed by atoms with Gasteiger partial charge in [-0.3, -0.25) is 4.79 Å². The fourth-order valence-corrected chi connectivity index (χ4v) is 2.19. The van der Waals surface area contributed by atoms with Crippen molar-refractivity contribution in [2.45, 2.75) is 31.8 Å². The van der Waals surface area contributed by atoms with Gasteiger partial charge in [0.2, 0.25) is 5.91 Å². The molecule has 1 unspecified atom stereocenters. The highest BCUT2D eigenvalue weighted by molar-refractivity contribution is 5.89. The summed E-state index contributed by atoms with van der Waals surface area (Å²) in [6.07, 6.45) is 2.12. The number of methoxy groups -OCH3 is 1. The Labute approximate surface area is 154 Å². The average Bonchev–Trinajstić information content (AvgIpc) is 3.36. The topological polar surface area (TPSA) is 91.5 Å². The molecule has 0 saturated heterocycles. The first-order valence-corrected chi connectivity index (χ1v) is 8.25. The van der Waals surface area contributed by atoms with Gasteiger partial charge in [-0.1, -0.05) is 12.1 Å². The van der Waals surface area contributed by atoms with Gasteiger partial charge in [0, 0.05) is 25.4 Å². The molecule has 3 amide bonds. The van der Waals surface area contributed by atoms with Crippen molar-refractivity contribution in [3.63, 3.8) is 0 Å². The van der Waals surface area contributed by atoms with Gasteiger partial charge in [-0.2, -0.15) is 0 Å². The third kappa shape index (κ3) is 8.20. The molecule has 1 fully saturated rings. The molecule has 7 nitrogen and oxygen atoms in total. The summed E-state index contributed by atoms with van der Waals surface area (Å²) >= 11 is 0. The number of carbonyl (C=O) groups excluding carboxylic acids is 2. The number of hydrogen-bond acceptors (Lipinski definition) is 4. The Kier molecular flexibility index (Phi) is 9.26. The van der Waals surface area contributed by atoms with Gasteiger partial charge < -0.3 is 26.0 Å². The molecule has 1 aromatic rings. The molecule has 0 bridgehead atoms. The third-order valence-corrected chi connectivity index (χ3v) is 3.73. The summed E-state index contributed by atoms with van der Waals surface area (Å²) in [6, 6.07) is 7.52. The highest BCUT2D eigenvalue weighted by Crippen LogP contribution is 2.19. The van der Waals surface area contributed by atoms with Crippen molar-refractivity contribution < 1.29 is 14.3 Å². The van der Waals surface area contributed by atoms with Crippen molar-refractivity contribution in [1.29, 1.82) is 0 Å².